The van der Waals surface area contributed by atoms with E-state index < -0.39 is 0 Å². The van der Waals surface area contributed by atoms with Crippen LogP contribution in [0, 0.1) is 11.3 Å². The summed E-state index contributed by atoms with van der Waals surface area (Å²) >= 11 is 0. The third kappa shape index (κ3) is 3.39. The highest BCUT2D eigenvalue weighted by Crippen LogP contribution is 2.23. The van der Waals surface area contributed by atoms with Gasteiger partial charge >= 0.3 is 0 Å². The predicted molar refractivity (Wildman–Crippen MR) is 75.8 cm³/mol. The van der Waals surface area contributed by atoms with Crippen LogP contribution in [-0.4, -0.2) is 19.1 Å². The topological polar surface area (TPSA) is 67.2 Å². The molecule has 0 fully saturated rings. The molecule has 1 aromatic heterocycles. The maximum absolute atomic E-state index is 8.95. The number of benzene rings is 1. The molecule has 0 aliphatic carbocycles. The van der Waals surface area contributed by atoms with Crippen molar-refractivity contribution < 1.29 is 9.47 Å². The number of rotatable bonds is 5. The fourth-order valence-electron chi connectivity index (χ4n) is 1.71. The highest BCUT2D eigenvalue weighted by Gasteiger charge is 2.03. The van der Waals surface area contributed by atoms with Crippen LogP contribution in [0.5, 0.6) is 11.5 Å². The summed E-state index contributed by atoms with van der Waals surface area (Å²) in [6.07, 6.45) is 1.72. The molecule has 1 aromatic carbocycles. The molecule has 1 N–H and O–H groups in total. The largest absolute Gasteiger partial charge is 0.497 e. The molecule has 0 atom stereocenters. The zero-order valence-corrected chi connectivity index (χ0v) is 11.4. The van der Waals surface area contributed by atoms with Gasteiger partial charge in [0.2, 0.25) is 0 Å². The molecule has 0 aliphatic heterocycles. The Morgan fingerprint density at radius 2 is 2.05 bits per heavy atom. The molecule has 0 bridgehead atoms. The lowest BCUT2D eigenvalue weighted by Crippen LogP contribution is -2.00. The minimum atomic E-state index is 0.327. The SMILES string of the molecule is CNc1ccnc(COc2cc(C#N)cc(OC)c2)c1. The first-order valence-corrected chi connectivity index (χ1v) is 6.10. The smallest absolute Gasteiger partial charge is 0.130 e. The highest BCUT2D eigenvalue weighted by atomic mass is 16.5. The van der Waals surface area contributed by atoms with E-state index in [2.05, 4.69) is 16.4 Å². The molecular weight excluding hydrogens is 254 g/mol. The Morgan fingerprint density at radius 3 is 2.75 bits per heavy atom. The molecule has 0 aliphatic rings. The lowest BCUT2D eigenvalue weighted by molar-refractivity contribution is 0.299. The van der Waals surface area contributed by atoms with Crippen LogP contribution in [0.4, 0.5) is 5.69 Å². The van der Waals surface area contributed by atoms with Gasteiger partial charge in [0.05, 0.1) is 24.4 Å². The fourth-order valence-corrected chi connectivity index (χ4v) is 1.71. The van der Waals surface area contributed by atoms with E-state index in [-0.39, 0.29) is 0 Å². The monoisotopic (exact) mass is 269 g/mol. The van der Waals surface area contributed by atoms with E-state index in [1.807, 2.05) is 19.2 Å². The summed E-state index contributed by atoms with van der Waals surface area (Å²) in [5, 5.41) is 12.0. The van der Waals surface area contributed by atoms with Gasteiger partial charge in [-0.1, -0.05) is 0 Å². The van der Waals surface area contributed by atoms with Gasteiger partial charge < -0.3 is 14.8 Å². The summed E-state index contributed by atoms with van der Waals surface area (Å²) in [4.78, 5) is 4.23. The summed E-state index contributed by atoms with van der Waals surface area (Å²) in [5.41, 5.74) is 2.27. The quantitative estimate of drug-likeness (QED) is 0.903. The molecule has 1 heterocycles. The average molecular weight is 269 g/mol. The molecule has 0 amide bonds. The van der Waals surface area contributed by atoms with Gasteiger partial charge in [0.1, 0.15) is 18.1 Å². The molecule has 5 nitrogen and oxygen atoms in total. The Labute approximate surface area is 117 Å². The van der Waals surface area contributed by atoms with Gasteiger partial charge in [-0.15, -0.1) is 0 Å². The number of hydrogen-bond acceptors (Lipinski definition) is 5. The summed E-state index contributed by atoms with van der Waals surface area (Å²) < 4.78 is 10.8. The number of nitriles is 1. The number of ether oxygens (including phenoxy) is 2. The lowest BCUT2D eigenvalue weighted by Gasteiger charge is -2.09. The van der Waals surface area contributed by atoms with Crippen molar-refractivity contribution in [2.75, 3.05) is 19.5 Å². The predicted octanol–water partition coefficient (Wildman–Crippen LogP) is 2.58. The first-order valence-electron chi connectivity index (χ1n) is 6.10. The van der Waals surface area contributed by atoms with Crippen LogP contribution in [-0.2, 0) is 6.61 Å². The molecule has 102 valence electrons. The van der Waals surface area contributed by atoms with E-state index in [0.717, 1.165) is 11.4 Å². The fraction of sp³-hybridized carbons (Fsp3) is 0.200. The summed E-state index contributed by atoms with van der Waals surface area (Å²) in [6.45, 7) is 0.327. The number of anilines is 1. The molecular formula is C15H15N3O2. The molecule has 0 saturated carbocycles. The van der Waals surface area contributed by atoms with Crippen LogP contribution in [0.2, 0.25) is 0 Å². The van der Waals surface area contributed by atoms with Crippen LogP contribution < -0.4 is 14.8 Å². The Kier molecular flexibility index (Phi) is 4.40. The maximum Gasteiger partial charge on any atom is 0.130 e. The molecule has 0 spiro atoms. The lowest BCUT2D eigenvalue weighted by atomic mass is 10.2. The molecule has 0 saturated heterocycles. The average Bonchev–Trinajstić information content (AvgIpc) is 2.52. The molecule has 5 heteroatoms. The van der Waals surface area contributed by atoms with Crippen molar-refractivity contribution in [3.05, 3.63) is 47.8 Å². The van der Waals surface area contributed by atoms with Gasteiger partial charge in [0, 0.05) is 25.0 Å². The Hall–Kier alpha value is -2.74. The summed E-state index contributed by atoms with van der Waals surface area (Å²) in [7, 11) is 3.40. The van der Waals surface area contributed by atoms with E-state index >= 15 is 0 Å². The van der Waals surface area contributed by atoms with E-state index in [0.29, 0.717) is 23.7 Å². The number of nitrogens with one attached hydrogen (secondary N) is 1. The number of hydrogen-bond donors (Lipinski definition) is 1. The summed E-state index contributed by atoms with van der Waals surface area (Å²) in [5.74, 6) is 1.17. The van der Waals surface area contributed by atoms with Crippen LogP contribution >= 0.6 is 0 Å². The van der Waals surface area contributed by atoms with E-state index in [1.54, 1.807) is 31.5 Å². The molecule has 0 radical (unpaired) electrons. The van der Waals surface area contributed by atoms with Crippen LogP contribution in [0.1, 0.15) is 11.3 Å². The van der Waals surface area contributed by atoms with Crippen molar-refractivity contribution in [3.8, 4) is 17.6 Å². The second-order valence-electron chi connectivity index (χ2n) is 4.08. The van der Waals surface area contributed by atoms with Gasteiger partial charge in [-0.05, 0) is 24.3 Å². The van der Waals surface area contributed by atoms with E-state index in [4.69, 9.17) is 14.7 Å². The van der Waals surface area contributed by atoms with Gasteiger partial charge in [0.15, 0.2) is 0 Å². The van der Waals surface area contributed by atoms with Crippen molar-refractivity contribution >= 4 is 5.69 Å². The normalized spacial score (nSPS) is 9.65. The van der Waals surface area contributed by atoms with Gasteiger partial charge in [-0.25, -0.2) is 0 Å². The maximum atomic E-state index is 8.95. The van der Waals surface area contributed by atoms with E-state index in [1.165, 1.54) is 0 Å². The number of nitrogens with zero attached hydrogens (tertiary/aromatic N) is 2. The van der Waals surface area contributed by atoms with Crippen LogP contribution in [0.3, 0.4) is 0 Å². The second kappa shape index (κ2) is 6.43. The van der Waals surface area contributed by atoms with Gasteiger partial charge in [0.25, 0.3) is 0 Å². The Bertz CT molecular complexity index is 635. The molecule has 2 rings (SSSR count). The number of methoxy groups -OCH3 is 1. The van der Waals surface area contributed by atoms with Gasteiger partial charge in [-0.3, -0.25) is 4.98 Å². The van der Waals surface area contributed by atoms with E-state index in [9.17, 15) is 0 Å². The number of aromatic nitrogens is 1. The Morgan fingerprint density at radius 1 is 1.25 bits per heavy atom. The molecule has 0 unspecified atom stereocenters. The first-order chi connectivity index (χ1) is 9.75. The van der Waals surface area contributed by atoms with Crippen molar-refractivity contribution in [1.82, 2.24) is 4.98 Å². The molecule has 20 heavy (non-hydrogen) atoms. The zero-order valence-electron chi connectivity index (χ0n) is 11.4. The minimum Gasteiger partial charge on any atom is -0.497 e. The third-order valence-corrected chi connectivity index (χ3v) is 2.74. The van der Waals surface area contributed by atoms with Crippen molar-refractivity contribution in [2.24, 2.45) is 0 Å². The minimum absolute atomic E-state index is 0.327. The Balaban J connectivity index is 2.12. The number of pyridine rings is 1. The molecule has 2 aromatic rings. The van der Waals surface area contributed by atoms with Crippen molar-refractivity contribution in [2.45, 2.75) is 6.61 Å². The van der Waals surface area contributed by atoms with Crippen LogP contribution in [0.25, 0.3) is 0 Å². The second-order valence-corrected chi connectivity index (χ2v) is 4.08. The standard InChI is InChI=1S/C15H15N3O2/c1-17-12-3-4-18-13(7-12)10-20-15-6-11(9-16)5-14(8-15)19-2/h3-8H,10H2,1-2H3,(H,17,18). The van der Waals surface area contributed by atoms with Crippen molar-refractivity contribution in [1.29, 1.82) is 5.26 Å². The van der Waals surface area contributed by atoms with Gasteiger partial charge in [-0.2, -0.15) is 5.26 Å². The van der Waals surface area contributed by atoms with Crippen molar-refractivity contribution in [3.63, 3.8) is 0 Å². The first kappa shape index (κ1) is 13.7. The third-order valence-electron chi connectivity index (χ3n) is 2.74. The zero-order chi connectivity index (χ0) is 14.4. The van der Waals surface area contributed by atoms with Crippen LogP contribution in [0.15, 0.2) is 36.5 Å². The highest BCUT2D eigenvalue weighted by molar-refractivity contribution is 5.44. The summed E-state index contributed by atoms with van der Waals surface area (Å²) in [6, 6.07) is 10.9.